The highest BCUT2D eigenvalue weighted by Gasteiger charge is 2.32. The molecule has 2 unspecified atom stereocenters. The second-order valence-electron chi connectivity index (χ2n) is 17.5. The van der Waals surface area contributed by atoms with E-state index in [0.29, 0.717) is 40.4 Å². The summed E-state index contributed by atoms with van der Waals surface area (Å²) in [6, 6.07) is 15.6. The van der Waals surface area contributed by atoms with E-state index >= 15 is 0 Å². The minimum absolute atomic E-state index is 0.278. The Morgan fingerprint density at radius 1 is 0.646 bits per heavy atom. The standard InChI is InChI=1S/C24H30N4O4S.C23H28N4O4S/c1-31-23(29)18-4-2-3-17(15-18)16-5-10-28(11-6-16)24-26-20-9-14-33(30)21(20)22(27-24)25-19-7-12-32-13-8-19;28-22(29)17-3-1-2-16(14-17)15-4-9-27(10-5-15)23-25-19-8-13-32(30)20(19)21(26-23)24-18-6-11-31-12-7-18/h2-4,15-16,19H,5-14H2,1H3,(H,25,26,27);1-3,14-15,18H,4-13H2,(H,28,29)(H,24,25,26). The van der Waals surface area contributed by atoms with Crippen LogP contribution in [0.25, 0.3) is 0 Å². The molecule has 0 radical (unpaired) electrons. The predicted molar refractivity (Wildman–Crippen MR) is 249 cm³/mol. The van der Waals surface area contributed by atoms with Crippen molar-refractivity contribution in [2.24, 2.45) is 0 Å². The van der Waals surface area contributed by atoms with E-state index in [9.17, 15) is 23.1 Å². The van der Waals surface area contributed by atoms with Gasteiger partial charge in [0.25, 0.3) is 0 Å². The normalized spacial score (nSPS) is 21.8. The van der Waals surface area contributed by atoms with Gasteiger partial charge in [0.1, 0.15) is 21.4 Å². The van der Waals surface area contributed by atoms with Gasteiger partial charge >= 0.3 is 11.9 Å². The lowest BCUT2D eigenvalue weighted by molar-refractivity contribution is 0.0599. The Hall–Kier alpha value is -5.04. The molecule has 4 saturated heterocycles. The Bertz CT molecular complexity index is 2410. The van der Waals surface area contributed by atoms with Crippen LogP contribution in [0.3, 0.4) is 0 Å². The molecule has 6 aliphatic rings. The van der Waals surface area contributed by atoms with Gasteiger partial charge in [0.05, 0.1) is 51.2 Å². The summed E-state index contributed by atoms with van der Waals surface area (Å²) >= 11 is 0. The minimum Gasteiger partial charge on any atom is -0.478 e. The molecule has 2 aromatic carbocycles. The lowest BCUT2D eigenvalue weighted by Gasteiger charge is -2.33. The van der Waals surface area contributed by atoms with Gasteiger partial charge in [-0.15, -0.1) is 0 Å². The summed E-state index contributed by atoms with van der Waals surface area (Å²) in [6.07, 6.45) is 8.89. The van der Waals surface area contributed by atoms with Crippen LogP contribution in [0.15, 0.2) is 58.3 Å². The number of nitrogens with one attached hydrogen (secondary N) is 2. The summed E-state index contributed by atoms with van der Waals surface area (Å²) in [5, 5.41) is 16.4. The number of carboxylic acid groups (broad SMARTS) is 1. The molecule has 6 aliphatic heterocycles. The molecule has 18 heteroatoms. The number of aromatic carboxylic acids is 1. The summed E-state index contributed by atoms with van der Waals surface area (Å²) in [5.74, 6) is 3.64. The number of methoxy groups -OCH3 is 1. The Balaban J connectivity index is 0.000000164. The lowest BCUT2D eigenvalue weighted by Crippen LogP contribution is -2.35. The maximum atomic E-state index is 12.6. The van der Waals surface area contributed by atoms with Gasteiger partial charge in [0, 0.05) is 89.0 Å². The van der Waals surface area contributed by atoms with E-state index in [4.69, 9.17) is 34.1 Å². The number of carbonyl (C=O) groups is 2. The monoisotopic (exact) mass is 926 g/mol. The molecule has 0 spiro atoms. The number of nitrogens with zero attached hydrogens (tertiary/aromatic N) is 6. The van der Waals surface area contributed by atoms with E-state index in [1.807, 2.05) is 24.3 Å². The van der Waals surface area contributed by atoms with Gasteiger partial charge in [-0.1, -0.05) is 24.3 Å². The molecule has 8 heterocycles. The van der Waals surface area contributed by atoms with Gasteiger partial charge in [0.15, 0.2) is 0 Å². The van der Waals surface area contributed by atoms with Crippen molar-refractivity contribution in [3.63, 3.8) is 0 Å². The zero-order valence-corrected chi connectivity index (χ0v) is 38.5. The SMILES string of the molecule is COC(=O)c1cccc(C2CCN(c3nc4c(c(NC5CCOCC5)n3)S(=O)CC4)CC2)c1.O=C(O)c1cccc(C2CCN(c3nc4c(c(NC5CCOCC5)n3)S(=O)CC4)CC2)c1. The first kappa shape index (κ1) is 45.1. The largest absolute Gasteiger partial charge is 0.478 e. The fraction of sp³-hybridized carbons (Fsp3) is 0.532. The van der Waals surface area contributed by atoms with Crippen molar-refractivity contribution in [1.82, 2.24) is 19.9 Å². The van der Waals surface area contributed by atoms with Crippen molar-refractivity contribution in [2.75, 3.05) is 91.7 Å². The van der Waals surface area contributed by atoms with Gasteiger partial charge in [0.2, 0.25) is 11.9 Å². The summed E-state index contributed by atoms with van der Waals surface area (Å²) < 4.78 is 41.0. The van der Waals surface area contributed by atoms with Crippen LogP contribution in [0.4, 0.5) is 23.5 Å². The van der Waals surface area contributed by atoms with Crippen LogP contribution in [-0.4, -0.2) is 129 Å². The minimum atomic E-state index is -1.05. The van der Waals surface area contributed by atoms with E-state index < -0.39 is 27.6 Å². The number of anilines is 4. The molecule has 16 nitrogen and oxygen atoms in total. The van der Waals surface area contributed by atoms with Crippen LogP contribution in [0.2, 0.25) is 0 Å². The molecule has 4 fully saturated rings. The second kappa shape index (κ2) is 20.6. The highest BCUT2D eigenvalue weighted by atomic mass is 32.2. The van der Waals surface area contributed by atoms with Gasteiger partial charge in [-0.2, -0.15) is 9.97 Å². The third-order valence-electron chi connectivity index (χ3n) is 13.4. The Kier molecular flexibility index (Phi) is 14.3. The molecular formula is C47H58N8O8S2. The lowest BCUT2D eigenvalue weighted by atomic mass is 9.88. The van der Waals surface area contributed by atoms with Crippen molar-refractivity contribution in [3.05, 3.63) is 82.2 Å². The molecule has 346 valence electrons. The highest BCUT2D eigenvalue weighted by molar-refractivity contribution is 7.85. The number of hydrogen-bond acceptors (Lipinski definition) is 15. The van der Waals surface area contributed by atoms with Gasteiger partial charge in [-0.3, -0.25) is 8.42 Å². The maximum absolute atomic E-state index is 12.6. The fourth-order valence-corrected chi connectivity index (χ4v) is 12.3. The van der Waals surface area contributed by atoms with E-state index in [0.717, 1.165) is 161 Å². The second-order valence-corrected chi connectivity index (χ2v) is 20.5. The number of ether oxygens (including phenoxy) is 3. The molecule has 0 saturated carbocycles. The van der Waals surface area contributed by atoms with Crippen LogP contribution in [-0.2, 0) is 48.7 Å². The van der Waals surface area contributed by atoms with Gasteiger partial charge < -0.3 is 39.8 Å². The number of rotatable bonds is 10. The molecule has 2 atom stereocenters. The zero-order chi connectivity index (χ0) is 44.9. The maximum Gasteiger partial charge on any atom is 0.337 e. The fourth-order valence-electron chi connectivity index (χ4n) is 9.71. The molecule has 4 aromatic rings. The molecule has 2 aromatic heterocycles. The first-order valence-electron chi connectivity index (χ1n) is 23.0. The smallest absolute Gasteiger partial charge is 0.337 e. The number of piperidine rings is 2. The van der Waals surface area contributed by atoms with Crippen LogP contribution in [0.1, 0.15) is 106 Å². The molecule has 10 rings (SSSR count). The summed E-state index contributed by atoms with van der Waals surface area (Å²) in [6.45, 7) is 6.24. The van der Waals surface area contributed by atoms with Gasteiger partial charge in [-0.05, 0) is 98.6 Å². The summed E-state index contributed by atoms with van der Waals surface area (Å²) in [4.78, 5) is 48.5. The van der Waals surface area contributed by atoms with E-state index in [1.54, 1.807) is 18.2 Å². The molecule has 65 heavy (non-hydrogen) atoms. The quantitative estimate of drug-likeness (QED) is 0.163. The van der Waals surface area contributed by atoms with Crippen molar-refractivity contribution in [2.45, 2.75) is 97.9 Å². The molecule has 3 N–H and O–H groups in total. The first-order chi connectivity index (χ1) is 31.7. The highest BCUT2D eigenvalue weighted by Crippen LogP contribution is 2.36. The number of benzene rings is 2. The Morgan fingerprint density at radius 3 is 1.51 bits per heavy atom. The number of carboxylic acids is 1. The molecular weight excluding hydrogens is 869 g/mol. The van der Waals surface area contributed by atoms with Crippen molar-refractivity contribution in [1.29, 1.82) is 0 Å². The third kappa shape index (κ3) is 10.5. The number of hydrogen-bond donors (Lipinski definition) is 3. The molecule has 0 amide bonds. The zero-order valence-electron chi connectivity index (χ0n) is 36.9. The topological polar surface area (TPSA) is 198 Å². The Morgan fingerprint density at radius 2 is 1.08 bits per heavy atom. The molecule has 0 bridgehead atoms. The third-order valence-corrected chi connectivity index (χ3v) is 16.3. The van der Waals surface area contributed by atoms with E-state index in [1.165, 1.54) is 12.7 Å². The average Bonchev–Trinajstić information content (AvgIpc) is 3.93. The Labute approximate surface area is 384 Å². The number of aryl methyl sites for hydroxylation is 2. The number of aromatic nitrogens is 4. The number of carbonyl (C=O) groups excluding carboxylic acids is 1. The molecule has 0 aliphatic carbocycles. The van der Waals surface area contributed by atoms with Crippen LogP contribution >= 0.6 is 0 Å². The van der Waals surface area contributed by atoms with E-state index in [-0.39, 0.29) is 18.1 Å². The predicted octanol–water partition coefficient (Wildman–Crippen LogP) is 5.72. The summed E-state index contributed by atoms with van der Waals surface area (Å²) in [5.41, 5.74) is 5.00. The van der Waals surface area contributed by atoms with Crippen molar-refractivity contribution in [3.8, 4) is 0 Å². The van der Waals surface area contributed by atoms with Crippen molar-refractivity contribution >= 4 is 57.1 Å². The van der Waals surface area contributed by atoms with E-state index in [2.05, 4.69) is 26.5 Å². The van der Waals surface area contributed by atoms with Crippen LogP contribution in [0, 0.1) is 0 Å². The first-order valence-corrected chi connectivity index (χ1v) is 25.6. The van der Waals surface area contributed by atoms with Gasteiger partial charge in [-0.25, -0.2) is 19.6 Å². The average molecular weight is 927 g/mol. The number of fused-ring (bicyclic) bond motifs is 2. The van der Waals surface area contributed by atoms with Crippen LogP contribution in [0.5, 0.6) is 0 Å². The number of esters is 1. The summed E-state index contributed by atoms with van der Waals surface area (Å²) in [7, 11) is -0.681. The van der Waals surface area contributed by atoms with Crippen molar-refractivity contribution < 1.29 is 37.3 Å². The van der Waals surface area contributed by atoms with Crippen LogP contribution < -0.4 is 20.4 Å².